The van der Waals surface area contributed by atoms with E-state index in [2.05, 4.69) is 21.4 Å². The van der Waals surface area contributed by atoms with Gasteiger partial charge >= 0.3 is 0 Å². The van der Waals surface area contributed by atoms with Crippen LogP contribution in [0.5, 0.6) is 0 Å². The van der Waals surface area contributed by atoms with E-state index in [9.17, 15) is 4.79 Å². The molecule has 0 atom stereocenters. The SMILES string of the molecule is Cc1cc(C)cc(NC(=O)c2cccnc2SCc2ccnc3c(Cl)c(Cl)ccc23)c1. The maximum absolute atomic E-state index is 13.0. The Hall–Kier alpha value is -2.60. The van der Waals surface area contributed by atoms with Crippen molar-refractivity contribution in [1.29, 1.82) is 0 Å². The molecule has 1 N–H and O–H groups in total. The minimum atomic E-state index is -0.185. The molecular weight excluding hydrogens is 449 g/mol. The number of nitrogens with one attached hydrogen (secondary N) is 1. The summed E-state index contributed by atoms with van der Waals surface area (Å²) in [5.74, 6) is 0.424. The van der Waals surface area contributed by atoms with Gasteiger partial charge in [0, 0.05) is 29.2 Å². The molecule has 0 aliphatic carbocycles. The highest BCUT2D eigenvalue weighted by Crippen LogP contribution is 2.33. The van der Waals surface area contributed by atoms with E-state index in [4.69, 9.17) is 23.2 Å². The third-order valence-corrected chi connectivity index (χ3v) is 6.60. The van der Waals surface area contributed by atoms with Crippen LogP contribution in [0.3, 0.4) is 0 Å². The summed E-state index contributed by atoms with van der Waals surface area (Å²) in [5.41, 5.74) is 5.21. The molecule has 2 heterocycles. The third-order valence-electron chi connectivity index (χ3n) is 4.75. The zero-order valence-corrected chi connectivity index (χ0v) is 19.3. The number of rotatable bonds is 5. The van der Waals surface area contributed by atoms with Crippen molar-refractivity contribution in [2.75, 3.05) is 5.32 Å². The maximum Gasteiger partial charge on any atom is 0.258 e. The molecule has 156 valence electrons. The lowest BCUT2D eigenvalue weighted by atomic mass is 10.1. The number of fused-ring (bicyclic) bond motifs is 1. The van der Waals surface area contributed by atoms with Crippen molar-refractivity contribution in [3.8, 4) is 0 Å². The molecule has 2 aromatic heterocycles. The predicted molar refractivity (Wildman–Crippen MR) is 129 cm³/mol. The minimum absolute atomic E-state index is 0.185. The number of halogens is 2. The van der Waals surface area contributed by atoms with Crippen LogP contribution in [-0.4, -0.2) is 15.9 Å². The molecule has 4 aromatic rings. The summed E-state index contributed by atoms with van der Waals surface area (Å²) in [6.07, 6.45) is 3.41. The minimum Gasteiger partial charge on any atom is -0.322 e. The molecule has 4 rings (SSSR count). The Morgan fingerprint density at radius 3 is 2.55 bits per heavy atom. The van der Waals surface area contributed by atoms with Gasteiger partial charge in [0.15, 0.2) is 0 Å². The normalized spacial score (nSPS) is 11.0. The summed E-state index contributed by atoms with van der Waals surface area (Å²) in [5, 5.41) is 5.50. The van der Waals surface area contributed by atoms with E-state index in [1.54, 1.807) is 30.6 Å². The first-order valence-electron chi connectivity index (χ1n) is 9.61. The van der Waals surface area contributed by atoms with E-state index in [-0.39, 0.29) is 5.91 Å². The second-order valence-electron chi connectivity index (χ2n) is 7.20. The van der Waals surface area contributed by atoms with Crippen molar-refractivity contribution in [3.63, 3.8) is 0 Å². The average molecular weight is 468 g/mol. The number of hydrogen-bond acceptors (Lipinski definition) is 4. The molecule has 0 aliphatic heterocycles. The van der Waals surface area contributed by atoms with Gasteiger partial charge in [-0.2, -0.15) is 0 Å². The van der Waals surface area contributed by atoms with E-state index in [0.717, 1.165) is 27.8 Å². The van der Waals surface area contributed by atoms with Gasteiger partial charge in [0.1, 0.15) is 5.03 Å². The second kappa shape index (κ2) is 9.27. The van der Waals surface area contributed by atoms with Crippen molar-refractivity contribution in [2.24, 2.45) is 0 Å². The van der Waals surface area contributed by atoms with Crippen molar-refractivity contribution in [1.82, 2.24) is 9.97 Å². The van der Waals surface area contributed by atoms with Gasteiger partial charge in [-0.05, 0) is 66.9 Å². The number of carbonyl (C=O) groups is 1. The number of hydrogen-bond donors (Lipinski definition) is 1. The van der Waals surface area contributed by atoms with Crippen LogP contribution < -0.4 is 5.32 Å². The topological polar surface area (TPSA) is 54.9 Å². The molecule has 0 spiro atoms. The molecule has 0 fully saturated rings. The van der Waals surface area contributed by atoms with Gasteiger partial charge < -0.3 is 5.32 Å². The predicted octanol–water partition coefficient (Wildman–Crippen LogP) is 7.10. The van der Waals surface area contributed by atoms with Crippen molar-refractivity contribution in [3.05, 3.63) is 93.2 Å². The highest BCUT2D eigenvalue weighted by Gasteiger charge is 2.15. The Morgan fingerprint density at radius 2 is 1.77 bits per heavy atom. The summed E-state index contributed by atoms with van der Waals surface area (Å²) in [7, 11) is 0. The molecule has 0 saturated heterocycles. The summed E-state index contributed by atoms with van der Waals surface area (Å²) >= 11 is 13.9. The van der Waals surface area contributed by atoms with Crippen LogP contribution in [0.2, 0.25) is 10.0 Å². The van der Waals surface area contributed by atoms with Gasteiger partial charge in [0.2, 0.25) is 0 Å². The molecule has 0 aliphatic rings. The Kier molecular flexibility index (Phi) is 6.46. The number of carbonyl (C=O) groups excluding carboxylic acids is 1. The number of aryl methyl sites for hydroxylation is 2. The highest BCUT2D eigenvalue weighted by atomic mass is 35.5. The molecule has 0 unspecified atom stereocenters. The molecule has 1 amide bonds. The van der Waals surface area contributed by atoms with E-state index >= 15 is 0 Å². The lowest BCUT2D eigenvalue weighted by Gasteiger charge is -2.11. The first-order valence-corrected chi connectivity index (χ1v) is 11.4. The number of anilines is 1. The van der Waals surface area contributed by atoms with Gasteiger partial charge in [-0.3, -0.25) is 9.78 Å². The van der Waals surface area contributed by atoms with Gasteiger partial charge in [-0.25, -0.2) is 4.98 Å². The van der Waals surface area contributed by atoms with Gasteiger partial charge in [-0.15, -0.1) is 11.8 Å². The molecule has 2 aromatic carbocycles. The van der Waals surface area contributed by atoms with Crippen molar-refractivity contribution < 1.29 is 4.79 Å². The smallest absolute Gasteiger partial charge is 0.258 e. The van der Waals surface area contributed by atoms with Crippen LogP contribution in [-0.2, 0) is 5.75 Å². The zero-order chi connectivity index (χ0) is 22.0. The number of aromatic nitrogens is 2. The molecule has 4 nitrogen and oxygen atoms in total. The van der Waals surface area contributed by atoms with Crippen LogP contribution in [0.25, 0.3) is 10.9 Å². The quantitative estimate of drug-likeness (QED) is 0.318. The second-order valence-corrected chi connectivity index (χ2v) is 8.95. The highest BCUT2D eigenvalue weighted by molar-refractivity contribution is 7.98. The first-order chi connectivity index (χ1) is 14.9. The fourth-order valence-corrected chi connectivity index (χ4v) is 4.77. The van der Waals surface area contributed by atoms with Crippen LogP contribution in [0.1, 0.15) is 27.0 Å². The summed E-state index contributed by atoms with van der Waals surface area (Å²) in [4.78, 5) is 21.8. The first kappa shape index (κ1) is 21.6. The fourth-order valence-electron chi connectivity index (χ4n) is 3.41. The van der Waals surface area contributed by atoms with Crippen molar-refractivity contribution in [2.45, 2.75) is 24.6 Å². The number of amides is 1. The molecule has 0 bridgehead atoms. The van der Waals surface area contributed by atoms with Crippen LogP contribution in [0.15, 0.2) is 66.0 Å². The molecule has 0 radical (unpaired) electrons. The summed E-state index contributed by atoms with van der Waals surface area (Å²) in [6, 6.07) is 15.2. The number of thioether (sulfide) groups is 1. The van der Waals surface area contributed by atoms with Crippen LogP contribution in [0, 0.1) is 13.8 Å². The molecule has 31 heavy (non-hydrogen) atoms. The van der Waals surface area contributed by atoms with E-state index in [1.807, 2.05) is 38.1 Å². The molecule has 0 saturated carbocycles. The lowest BCUT2D eigenvalue weighted by molar-refractivity contribution is 0.102. The molecule has 7 heteroatoms. The summed E-state index contributed by atoms with van der Waals surface area (Å²) < 4.78 is 0. The number of nitrogens with zero attached hydrogens (tertiary/aromatic N) is 2. The van der Waals surface area contributed by atoms with Gasteiger partial charge in [0.05, 0.1) is 21.1 Å². The van der Waals surface area contributed by atoms with E-state index in [0.29, 0.717) is 31.9 Å². The van der Waals surface area contributed by atoms with E-state index < -0.39 is 0 Å². The largest absolute Gasteiger partial charge is 0.322 e. The molecular formula is C24H19Cl2N3OS. The van der Waals surface area contributed by atoms with Crippen LogP contribution in [0.4, 0.5) is 5.69 Å². The van der Waals surface area contributed by atoms with Crippen LogP contribution >= 0.6 is 35.0 Å². The third kappa shape index (κ3) is 4.85. The Balaban J connectivity index is 1.58. The van der Waals surface area contributed by atoms with Gasteiger partial charge in [-0.1, -0.05) is 35.3 Å². The Morgan fingerprint density at radius 1 is 1.00 bits per heavy atom. The number of pyridine rings is 2. The lowest BCUT2D eigenvalue weighted by Crippen LogP contribution is -2.14. The van der Waals surface area contributed by atoms with E-state index in [1.165, 1.54) is 11.8 Å². The number of benzene rings is 2. The maximum atomic E-state index is 13.0. The monoisotopic (exact) mass is 467 g/mol. The van der Waals surface area contributed by atoms with Crippen molar-refractivity contribution >= 4 is 57.5 Å². The standard InChI is InChI=1S/C24H19Cl2N3OS/c1-14-10-15(2)12-17(11-14)29-23(30)19-4-3-8-28-24(19)31-13-16-7-9-27-22-18(16)5-6-20(25)21(22)26/h3-12H,13H2,1-2H3,(H,29,30). The average Bonchev–Trinajstić information content (AvgIpc) is 2.74. The summed E-state index contributed by atoms with van der Waals surface area (Å²) in [6.45, 7) is 4.01. The fraction of sp³-hybridized carbons (Fsp3) is 0.125. The Bertz CT molecular complexity index is 1270. The zero-order valence-electron chi connectivity index (χ0n) is 16.9. The van der Waals surface area contributed by atoms with Gasteiger partial charge in [0.25, 0.3) is 5.91 Å². The Labute approximate surface area is 195 Å².